The maximum atomic E-state index is 11.6. The molecule has 0 aromatic heterocycles. The summed E-state index contributed by atoms with van der Waals surface area (Å²) in [5.74, 6) is 3.11. The smallest absolute Gasteiger partial charge is 0.191 e. The van der Waals surface area contributed by atoms with Gasteiger partial charge >= 0.3 is 0 Å². The number of nitrogens with one attached hydrogen (secondary N) is 2. The number of ether oxygens (including phenoxy) is 2. The number of nitrogens with zero attached hydrogens (tertiary/aromatic N) is 1. The molecule has 1 fully saturated rings. The molecule has 1 aromatic rings. The van der Waals surface area contributed by atoms with E-state index >= 15 is 0 Å². The summed E-state index contributed by atoms with van der Waals surface area (Å²) in [4.78, 5) is 4.23. The van der Waals surface area contributed by atoms with Crippen LogP contribution in [0.3, 0.4) is 0 Å². The summed E-state index contributed by atoms with van der Waals surface area (Å²) in [5.41, 5.74) is 2.19. The van der Waals surface area contributed by atoms with Crippen molar-refractivity contribution in [2.45, 2.75) is 39.3 Å². The van der Waals surface area contributed by atoms with Crippen molar-refractivity contribution in [1.29, 1.82) is 0 Å². The minimum atomic E-state index is -2.86. The molecule has 9 heteroatoms. The van der Waals surface area contributed by atoms with Gasteiger partial charge in [0.05, 0.1) is 18.1 Å². The Kier molecular flexibility index (Phi) is 8.23. The maximum Gasteiger partial charge on any atom is 0.191 e. The number of aliphatic imine (C=N–C) groups is 1. The van der Waals surface area contributed by atoms with Crippen LogP contribution in [0.4, 0.5) is 0 Å². The van der Waals surface area contributed by atoms with Crippen molar-refractivity contribution in [1.82, 2.24) is 10.6 Å². The Hall–Kier alpha value is -1.23. The van der Waals surface area contributed by atoms with E-state index in [1.807, 2.05) is 13.0 Å². The van der Waals surface area contributed by atoms with Crippen molar-refractivity contribution < 1.29 is 17.9 Å². The summed E-state index contributed by atoms with van der Waals surface area (Å²) in [7, 11) is -1.15. The fraction of sp³-hybridized carbons (Fsp3) is 0.632. The van der Waals surface area contributed by atoms with Crippen LogP contribution in [0.1, 0.15) is 31.4 Å². The fourth-order valence-corrected chi connectivity index (χ4v) is 5.44. The molecule has 2 aliphatic rings. The Morgan fingerprint density at radius 1 is 1.36 bits per heavy atom. The molecule has 2 heterocycles. The van der Waals surface area contributed by atoms with Gasteiger partial charge in [0.2, 0.25) is 0 Å². The van der Waals surface area contributed by atoms with Crippen LogP contribution in [0.2, 0.25) is 0 Å². The van der Waals surface area contributed by atoms with E-state index < -0.39 is 9.84 Å². The zero-order chi connectivity index (χ0) is 19.4. The first-order valence-corrected chi connectivity index (χ1v) is 11.3. The van der Waals surface area contributed by atoms with Gasteiger partial charge in [-0.2, -0.15) is 0 Å². The van der Waals surface area contributed by atoms with Gasteiger partial charge in [0.1, 0.15) is 17.6 Å². The molecule has 3 rings (SSSR count). The lowest BCUT2D eigenvalue weighted by atomic mass is 10.1. The number of hydrogen-bond acceptors (Lipinski definition) is 5. The highest BCUT2D eigenvalue weighted by molar-refractivity contribution is 14.0. The van der Waals surface area contributed by atoms with Gasteiger partial charge in [0.25, 0.3) is 0 Å². The van der Waals surface area contributed by atoms with Crippen molar-refractivity contribution in [3.8, 4) is 11.5 Å². The molecule has 2 aliphatic heterocycles. The molecule has 0 radical (unpaired) electrons. The second-order valence-corrected chi connectivity index (χ2v) is 9.44. The summed E-state index contributed by atoms with van der Waals surface area (Å²) in [6, 6.07) is 4.10. The predicted molar refractivity (Wildman–Crippen MR) is 122 cm³/mol. The highest BCUT2D eigenvalue weighted by Gasteiger charge is 2.27. The molecule has 2 atom stereocenters. The zero-order valence-corrected chi connectivity index (χ0v) is 19.8. The van der Waals surface area contributed by atoms with E-state index in [2.05, 4.69) is 28.6 Å². The molecule has 7 nitrogen and oxygen atoms in total. The summed E-state index contributed by atoms with van der Waals surface area (Å²) >= 11 is 0. The van der Waals surface area contributed by atoms with Crippen LogP contribution in [0.5, 0.6) is 11.5 Å². The monoisotopic (exact) mass is 523 g/mol. The first-order valence-electron chi connectivity index (χ1n) is 9.50. The van der Waals surface area contributed by atoms with Crippen LogP contribution in [0.25, 0.3) is 0 Å². The average Bonchev–Trinajstić information content (AvgIpc) is 3.15. The summed E-state index contributed by atoms with van der Waals surface area (Å²) < 4.78 is 34.8. The molecule has 2 unspecified atom stereocenters. The van der Waals surface area contributed by atoms with E-state index in [-0.39, 0.29) is 47.5 Å². The highest BCUT2D eigenvalue weighted by Crippen LogP contribution is 2.35. The lowest BCUT2D eigenvalue weighted by Crippen LogP contribution is -2.39. The molecule has 28 heavy (non-hydrogen) atoms. The number of halogens is 1. The zero-order valence-electron chi connectivity index (χ0n) is 16.7. The van der Waals surface area contributed by atoms with Crippen molar-refractivity contribution >= 4 is 39.8 Å². The van der Waals surface area contributed by atoms with E-state index in [1.165, 1.54) is 5.56 Å². The molecular weight excluding hydrogens is 493 g/mol. The lowest BCUT2D eigenvalue weighted by molar-refractivity contribution is 0.254. The Balaban J connectivity index is 0.00000280. The topological polar surface area (TPSA) is 89.0 Å². The number of rotatable bonds is 6. The molecule has 0 bridgehead atoms. The molecule has 0 amide bonds. The summed E-state index contributed by atoms with van der Waals surface area (Å²) in [5, 5.41) is 6.52. The second-order valence-electron chi connectivity index (χ2n) is 7.21. The van der Waals surface area contributed by atoms with Crippen molar-refractivity contribution in [2.24, 2.45) is 10.9 Å². The lowest BCUT2D eigenvalue weighted by Gasteiger charge is -2.17. The third kappa shape index (κ3) is 5.88. The van der Waals surface area contributed by atoms with Gasteiger partial charge in [-0.25, -0.2) is 8.42 Å². The van der Waals surface area contributed by atoms with Crippen molar-refractivity contribution in [3.05, 3.63) is 23.3 Å². The molecule has 0 aliphatic carbocycles. The maximum absolute atomic E-state index is 11.6. The Morgan fingerprint density at radius 2 is 2.14 bits per heavy atom. The van der Waals surface area contributed by atoms with Gasteiger partial charge in [-0.3, -0.25) is 4.99 Å². The van der Waals surface area contributed by atoms with Crippen LogP contribution < -0.4 is 20.1 Å². The van der Waals surface area contributed by atoms with E-state index in [0.717, 1.165) is 23.5 Å². The highest BCUT2D eigenvalue weighted by atomic mass is 127. The largest absolute Gasteiger partial charge is 0.494 e. The van der Waals surface area contributed by atoms with Crippen molar-refractivity contribution in [3.63, 3.8) is 0 Å². The Morgan fingerprint density at radius 3 is 2.79 bits per heavy atom. The standard InChI is InChI=1S/C19H29N3O4S.HI/c1-4-25-17-8-15-7-13(2)26-18(15)9-16(17)11-22-19(20-3)21-10-14-5-6-27(23,24)12-14;/h8-9,13-14H,4-7,10-12H2,1-3H3,(H2,20,21,22);1H. The van der Waals surface area contributed by atoms with Gasteiger partial charge in [0.15, 0.2) is 15.8 Å². The third-order valence-corrected chi connectivity index (χ3v) is 6.77. The van der Waals surface area contributed by atoms with Gasteiger partial charge in [-0.15, -0.1) is 24.0 Å². The predicted octanol–water partition coefficient (Wildman–Crippen LogP) is 2.13. The van der Waals surface area contributed by atoms with E-state index in [0.29, 0.717) is 32.1 Å². The molecule has 2 N–H and O–H groups in total. The first-order chi connectivity index (χ1) is 12.9. The molecule has 0 saturated carbocycles. The van der Waals surface area contributed by atoms with Crippen molar-refractivity contribution in [2.75, 3.05) is 31.7 Å². The first kappa shape index (κ1) is 23.1. The third-order valence-electron chi connectivity index (χ3n) is 4.93. The number of guanidine groups is 1. The fourth-order valence-electron chi connectivity index (χ4n) is 3.58. The summed E-state index contributed by atoms with van der Waals surface area (Å²) in [6.07, 6.45) is 1.80. The molecule has 158 valence electrons. The quantitative estimate of drug-likeness (QED) is 0.338. The van der Waals surface area contributed by atoms with Crippen LogP contribution in [-0.2, 0) is 22.8 Å². The Labute approximate surface area is 184 Å². The van der Waals surface area contributed by atoms with Gasteiger partial charge in [0, 0.05) is 37.7 Å². The molecule has 0 spiro atoms. The normalized spacial score (nSPS) is 22.8. The average molecular weight is 523 g/mol. The van der Waals surface area contributed by atoms with Crippen LogP contribution >= 0.6 is 24.0 Å². The van der Waals surface area contributed by atoms with Crippen LogP contribution in [0.15, 0.2) is 17.1 Å². The number of fused-ring (bicyclic) bond motifs is 1. The molecule has 1 saturated heterocycles. The van der Waals surface area contributed by atoms with Gasteiger partial charge < -0.3 is 20.1 Å². The van der Waals surface area contributed by atoms with Crippen LogP contribution in [-0.4, -0.2) is 52.2 Å². The SMILES string of the molecule is CCOc1cc2c(cc1CNC(=NC)NCC1CCS(=O)(=O)C1)OC(C)C2.I. The second kappa shape index (κ2) is 10.00. The van der Waals surface area contributed by atoms with Crippen LogP contribution in [0, 0.1) is 5.92 Å². The minimum absolute atomic E-state index is 0. The number of sulfone groups is 1. The summed E-state index contributed by atoms with van der Waals surface area (Å²) in [6.45, 7) is 5.78. The Bertz CT molecular complexity index is 814. The molecular formula is C19H30IN3O4S. The van der Waals surface area contributed by atoms with E-state index in [9.17, 15) is 8.42 Å². The van der Waals surface area contributed by atoms with E-state index in [1.54, 1.807) is 7.05 Å². The minimum Gasteiger partial charge on any atom is -0.494 e. The number of hydrogen-bond donors (Lipinski definition) is 2. The molecule has 1 aromatic carbocycles. The number of benzene rings is 1. The van der Waals surface area contributed by atoms with Gasteiger partial charge in [-0.1, -0.05) is 0 Å². The van der Waals surface area contributed by atoms with E-state index in [4.69, 9.17) is 9.47 Å². The van der Waals surface area contributed by atoms with Gasteiger partial charge in [-0.05, 0) is 38.3 Å².